The van der Waals surface area contributed by atoms with Gasteiger partial charge in [-0.2, -0.15) is 5.10 Å². The topological polar surface area (TPSA) is 72.2 Å². The van der Waals surface area contributed by atoms with Gasteiger partial charge in [0.1, 0.15) is 5.69 Å². The Kier molecular flexibility index (Phi) is 5.83. The molecule has 2 aliphatic heterocycles. The van der Waals surface area contributed by atoms with E-state index >= 15 is 0 Å². The van der Waals surface area contributed by atoms with Crippen LogP contribution in [0.2, 0.25) is 0 Å². The molecule has 0 aliphatic carbocycles. The minimum absolute atomic E-state index is 0.0177. The molecule has 4 heterocycles. The molecule has 2 aliphatic rings. The number of hydrogen-bond donors (Lipinski definition) is 0. The molecule has 4 aromatic rings. The first-order valence-electron chi connectivity index (χ1n) is 12.7. The molecule has 0 atom stereocenters. The van der Waals surface area contributed by atoms with Gasteiger partial charge in [-0.3, -0.25) is 9.69 Å². The fraction of sp³-hybridized carbons (Fsp3) is 0.345. The number of fused-ring (bicyclic) bond motifs is 2. The quantitative estimate of drug-likeness (QED) is 0.417. The van der Waals surface area contributed by atoms with Crippen LogP contribution < -0.4 is 9.47 Å². The molecule has 1 amide bonds. The predicted molar refractivity (Wildman–Crippen MR) is 141 cm³/mol. The number of ether oxygens (including phenoxy) is 2. The second-order valence-corrected chi connectivity index (χ2v) is 10.7. The normalized spacial score (nSPS) is 15.9. The third-order valence-corrected chi connectivity index (χ3v) is 6.99. The number of piperazine rings is 1. The highest BCUT2D eigenvalue weighted by Crippen LogP contribution is 2.33. The number of rotatable bonds is 4. The van der Waals surface area contributed by atoms with Crippen molar-refractivity contribution in [1.29, 1.82) is 0 Å². The van der Waals surface area contributed by atoms with Crippen molar-refractivity contribution >= 4 is 11.6 Å². The van der Waals surface area contributed by atoms with Crippen molar-refractivity contribution in [2.75, 3.05) is 33.0 Å². The van der Waals surface area contributed by atoms with Gasteiger partial charge in [0.2, 0.25) is 6.79 Å². The van der Waals surface area contributed by atoms with E-state index in [4.69, 9.17) is 19.6 Å². The van der Waals surface area contributed by atoms with Gasteiger partial charge in [0.05, 0.1) is 11.4 Å². The average Bonchev–Trinajstić information content (AvgIpc) is 3.55. The second-order valence-electron chi connectivity index (χ2n) is 10.7. The van der Waals surface area contributed by atoms with E-state index in [0.717, 1.165) is 48.1 Å². The van der Waals surface area contributed by atoms with Crippen molar-refractivity contribution in [3.05, 3.63) is 77.6 Å². The molecule has 6 rings (SSSR count). The molecule has 190 valence electrons. The third-order valence-electron chi connectivity index (χ3n) is 6.99. The number of amides is 1. The summed E-state index contributed by atoms with van der Waals surface area (Å²) >= 11 is 0. The van der Waals surface area contributed by atoms with Crippen LogP contribution in [0.1, 0.15) is 42.5 Å². The summed E-state index contributed by atoms with van der Waals surface area (Å²) in [6.45, 7) is 10.3. The molecule has 0 spiro atoms. The van der Waals surface area contributed by atoms with E-state index in [-0.39, 0.29) is 18.1 Å². The highest BCUT2D eigenvalue weighted by molar-refractivity contribution is 5.94. The summed E-state index contributed by atoms with van der Waals surface area (Å²) in [6, 6.07) is 19.9. The monoisotopic (exact) mass is 497 g/mol. The van der Waals surface area contributed by atoms with Gasteiger partial charge in [0.25, 0.3) is 5.91 Å². The van der Waals surface area contributed by atoms with E-state index < -0.39 is 0 Å². The third kappa shape index (κ3) is 4.64. The maximum absolute atomic E-state index is 13.8. The number of carbonyl (C=O) groups excluding carboxylic acids is 1. The van der Waals surface area contributed by atoms with Crippen LogP contribution in [0.25, 0.3) is 16.9 Å². The molecule has 0 unspecified atom stereocenters. The van der Waals surface area contributed by atoms with Gasteiger partial charge in [-0.25, -0.2) is 9.50 Å². The molecule has 2 aromatic carbocycles. The molecular formula is C29H31N5O3. The number of nitrogens with zero attached hydrogens (tertiary/aromatic N) is 5. The molecule has 1 fully saturated rings. The summed E-state index contributed by atoms with van der Waals surface area (Å²) < 4.78 is 12.7. The van der Waals surface area contributed by atoms with Gasteiger partial charge in [0.15, 0.2) is 17.1 Å². The van der Waals surface area contributed by atoms with E-state index in [1.165, 1.54) is 5.56 Å². The van der Waals surface area contributed by atoms with Gasteiger partial charge < -0.3 is 14.4 Å². The van der Waals surface area contributed by atoms with Crippen LogP contribution in [0.5, 0.6) is 11.5 Å². The van der Waals surface area contributed by atoms with E-state index in [9.17, 15) is 4.79 Å². The average molecular weight is 498 g/mol. The van der Waals surface area contributed by atoms with Crippen molar-refractivity contribution in [3.63, 3.8) is 0 Å². The zero-order valence-corrected chi connectivity index (χ0v) is 21.5. The Morgan fingerprint density at radius 1 is 0.919 bits per heavy atom. The minimum atomic E-state index is -0.152. The first-order valence-corrected chi connectivity index (χ1v) is 12.7. The molecular weight excluding hydrogens is 466 g/mol. The lowest BCUT2D eigenvalue weighted by Crippen LogP contribution is -2.48. The Bertz CT molecular complexity index is 1450. The number of hydrogen-bond acceptors (Lipinski definition) is 6. The number of aromatic nitrogens is 3. The van der Waals surface area contributed by atoms with Gasteiger partial charge in [-0.05, 0) is 23.8 Å². The Balaban J connectivity index is 1.24. The maximum atomic E-state index is 13.8. The smallest absolute Gasteiger partial charge is 0.272 e. The van der Waals surface area contributed by atoms with Crippen molar-refractivity contribution in [1.82, 2.24) is 24.4 Å². The SMILES string of the molecule is CC(C)(C)c1cc2nc(-c3ccccc3)cc(C(=O)N3CCN(Cc4ccc5c(c4)OCO5)CC3)n2n1. The number of carbonyl (C=O) groups is 1. The zero-order chi connectivity index (χ0) is 25.6. The largest absolute Gasteiger partial charge is 0.454 e. The molecule has 2 aromatic heterocycles. The van der Waals surface area contributed by atoms with Gasteiger partial charge >= 0.3 is 0 Å². The molecule has 8 nitrogen and oxygen atoms in total. The van der Waals surface area contributed by atoms with Crippen LogP contribution in [0.4, 0.5) is 0 Å². The molecule has 0 radical (unpaired) electrons. The Labute approximate surface area is 216 Å². The van der Waals surface area contributed by atoms with Crippen LogP contribution >= 0.6 is 0 Å². The second kappa shape index (κ2) is 9.19. The van der Waals surface area contributed by atoms with Crippen LogP contribution in [0, 0.1) is 0 Å². The van der Waals surface area contributed by atoms with Gasteiger partial charge in [-0.15, -0.1) is 0 Å². The highest BCUT2D eigenvalue weighted by Gasteiger charge is 2.27. The van der Waals surface area contributed by atoms with Crippen LogP contribution in [0.15, 0.2) is 60.7 Å². The van der Waals surface area contributed by atoms with Crippen molar-refractivity contribution in [3.8, 4) is 22.8 Å². The molecule has 0 saturated carbocycles. The summed E-state index contributed by atoms with van der Waals surface area (Å²) in [4.78, 5) is 23.0. The van der Waals surface area contributed by atoms with E-state index in [0.29, 0.717) is 24.4 Å². The number of benzene rings is 2. The van der Waals surface area contributed by atoms with Crippen LogP contribution in [-0.2, 0) is 12.0 Å². The lowest BCUT2D eigenvalue weighted by molar-refractivity contribution is 0.0619. The molecule has 1 saturated heterocycles. The van der Waals surface area contributed by atoms with E-state index in [1.54, 1.807) is 4.52 Å². The summed E-state index contributed by atoms with van der Waals surface area (Å²) in [7, 11) is 0. The van der Waals surface area contributed by atoms with Gasteiger partial charge in [-0.1, -0.05) is 57.2 Å². The van der Waals surface area contributed by atoms with Crippen molar-refractivity contribution in [2.24, 2.45) is 0 Å². The highest BCUT2D eigenvalue weighted by atomic mass is 16.7. The summed E-state index contributed by atoms with van der Waals surface area (Å²) in [6.07, 6.45) is 0. The molecule has 0 N–H and O–H groups in total. The molecule has 0 bridgehead atoms. The first kappa shape index (κ1) is 23.5. The first-order chi connectivity index (χ1) is 17.8. The lowest BCUT2D eigenvalue weighted by atomic mass is 9.93. The fourth-order valence-corrected chi connectivity index (χ4v) is 4.82. The van der Waals surface area contributed by atoms with E-state index in [1.807, 2.05) is 59.5 Å². The summed E-state index contributed by atoms with van der Waals surface area (Å²) in [5.74, 6) is 1.58. The lowest BCUT2D eigenvalue weighted by Gasteiger charge is -2.34. The van der Waals surface area contributed by atoms with Gasteiger partial charge in [0, 0.05) is 49.8 Å². The summed E-state index contributed by atoms with van der Waals surface area (Å²) in [5.41, 5.74) is 4.93. The molecule has 8 heteroatoms. The zero-order valence-electron chi connectivity index (χ0n) is 21.5. The minimum Gasteiger partial charge on any atom is -0.454 e. The Morgan fingerprint density at radius 2 is 1.68 bits per heavy atom. The van der Waals surface area contributed by atoms with Crippen molar-refractivity contribution in [2.45, 2.75) is 32.7 Å². The van der Waals surface area contributed by atoms with Crippen LogP contribution in [-0.4, -0.2) is 63.3 Å². The standard InChI is InChI=1S/C29H31N5O3/c1-29(2,3)26-17-27-30-22(21-7-5-4-6-8-21)16-23(34(27)31-26)28(35)33-13-11-32(12-14-33)18-20-9-10-24-25(15-20)37-19-36-24/h4-10,15-17H,11-14,18-19H2,1-3H3. The van der Waals surface area contributed by atoms with Crippen LogP contribution in [0.3, 0.4) is 0 Å². The maximum Gasteiger partial charge on any atom is 0.272 e. The Morgan fingerprint density at radius 3 is 2.43 bits per heavy atom. The Hall–Kier alpha value is -3.91. The van der Waals surface area contributed by atoms with Crippen molar-refractivity contribution < 1.29 is 14.3 Å². The fourth-order valence-electron chi connectivity index (χ4n) is 4.82. The summed E-state index contributed by atoms with van der Waals surface area (Å²) in [5, 5.41) is 4.81. The van der Waals surface area contributed by atoms with E-state index in [2.05, 4.69) is 31.7 Å². The molecule has 37 heavy (non-hydrogen) atoms. The predicted octanol–water partition coefficient (Wildman–Crippen LogP) is 4.38.